The Kier molecular flexibility index (Phi) is 6.65. The number of methoxy groups -OCH3 is 1. The van der Waals surface area contributed by atoms with Gasteiger partial charge in [-0.2, -0.15) is 0 Å². The van der Waals surface area contributed by atoms with Gasteiger partial charge < -0.3 is 19.9 Å². The van der Waals surface area contributed by atoms with Gasteiger partial charge in [-0.25, -0.2) is 4.98 Å². The van der Waals surface area contributed by atoms with Gasteiger partial charge in [0, 0.05) is 44.5 Å². The number of piperazine rings is 1. The highest BCUT2D eigenvalue weighted by atomic mass is 16.5. The molecule has 1 aliphatic rings. The summed E-state index contributed by atoms with van der Waals surface area (Å²) in [4.78, 5) is 21.6. The SMILES string of the molecule is CCN1CCN(c2cc(C(=O)NCCc3cccc(OC)c3)ccn2)CC1. The van der Waals surface area contributed by atoms with Crippen molar-refractivity contribution in [2.24, 2.45) is 0 Å². The monoisotopic (exact) mass is 368 g/mol. The quantitative estimate of drug-likeness (QED) is 0.812. The molecule has 1 aliphatic heterocycles. The van der Waals surface area contributed by atoms with E-state index in [0.717, 1.165) is 56.3 Å². The number of ether oxygens (including phenoxy) is 1. The van der Waals surface area contributed by atoms with Gasteiger partial charge in [-0.1, -0.05) is 19.1 Å². The van der Waals surface area contributed by atoms with Crippen LogP contribution in [0.4, 0.5) is 5.82 Å². The first kappa shape index (κ1) is 19.2. The van der Waals surface area contributed by atoms with Gasteiger partial charge in [0.25, 0.3) is 5.91 Å². The Morgan fingerprint density at radius 3 is 2.74 bits per heavy atom. The lowest BCUT2D eigenvalue weighted by molar-refractivity contribution is 0.0954. The van der Waals surface area contributed by atoms with Crippen LogP contribution in [0.5, 0.6) is 5.75 Å². The number of benzene rings is 1. The molecule has 1 amide bonds. The molecule has 6 heteroatoms. The first-order chi connectivity index (χ1) is 13.2. The third kappa shape index (κ3) is 5.20. The smallest absolute Gasteiger partial charge is 0.251 e. The molecule has 0 radical (unpaired) electrons. The molecule has 6 nitrogen and oxygen atoms in total. The molecule has 2 aromatic rings. The van der Waals surface area contributed by atoms with Crippen LogP contribution in [-0.4, -0.2) is 62.2 Å². The summed E-state index contributed by atoms with van der Waals surface area (Å²) in [6.07, 6.45) is 2.48. The minimum Gasteiger partial charge on any atom is -0.497 e. The molecule has 2 heterocycles. The molecule has 1 aromatic heterocycles. The lowest BCUT2D eigenvalue weighted by Crippen LogP contribution is -2.46. The van der Waals surface area contributed by atoms with E-state index in [1.165, 1.54) is 0 Å². The van der Waals surface area contributed by atoms with E-state index in [1.807, 2.05) is 30.3 Å². The average Bonchev–Trinajstić information content (AvgIpc) is 2.74. The Hall–Kier alpha value is -2.60. The van der Waals surface area contributed by atoms with Crippen molar-refractivity contribution in [2.75, 3.05) is 51.3 Å². The van der Waals surface area contributed by atoms with E-state index in [1.54, 1.807) is 19.4 Å². The van der Waals surface area contributed by atoms with Crippen molar-refractivity contribution < 1.29 is 9.53 Å². The van der Waals surface area contributed by atoms with Gasteiger partial charge in [-0.3, -0.25) is 4.79 Å². The molecule has 0 saturated carbocycles. The van der Waals surface area contributed by atoms with Gasteiger partial charge in [0.2, 0.25) is 0 Å². The number of amides is 1. The fraction of sp³-hybridized carbons (Fsp3) is 0.429. The number of anilines is 1. The number of carbonyl (C=O) groups excluding carboxylic acids is 1. The maximum absolute atomic E-state index is 12.5. The number of pyridine rings is 1. The minimum absolute atomic E-state index is 0.0614. The Morgan fingerprint density at radius 2 is 2.00 bits per heavy atom. The molecule has 3 rings (SSSR count). The van der Waals surface area contributed by atoms with Crippen LogP contribution >= 0.6 is 0 Å². The van der Waals surface area contributed by atoms with Crippen molar-refractivity contribution in [1.29, 1.82) is 0 Å². The highest BCUT2D eigenvalue weighted by Gasteiger charge is 2.17. The third-order valence-corrected chi connectivity index (χ3v) is 4.98. The summed E-state index contributed by atoms with van der Waals surface area (Å²) in [5, 5.41) is 3.00. The van der Waals surface area contributed by atoms with Gasteiger partial charge >= 0.3 is 0 Å². The van der Waals surface area contributed by atoms with E-state index < -0.39 is 0 Å². The summed E-state index contributed by atoms with van der Waals surface area (Å²) < 4.78 is 5.23. The summed E-state index contributed by atoms with van der Waals surface area (Å²) in [5.74, 6) is 1.65. The molecule has 0 bridgehead atoms. The zero-order chi connectivity index (χ0) is 19.1. The number of aromatic nitrogens is 1. The Morgan fingerprint density at radius 1 is 1.19 bits per heavy atom. The average molecular weight is 368 g/mol. The van der Waals surface area contributed by atoms with Crippen LogP contribution in [-0.2, 0) is 6.42 Å². The second kappa shape index (κ2) is 9.37. The van der Waals surface area contributed by atoms with Crippen LogP contribution in [0.1, 0.15) is 22.8 Å². The maximum atomic E-state index is 12.5. The van der Waals surface area contributed by atoms with Crippen molar-refractivity contribution >= 4 is 11.7 Å². The van der Waals surface area contributed by atoms with Gasteiger partial charge in [0.1, 0.15) is 11.6 Å². The molecule has 27 heavy (non-hydrogen) atoms. The number of hydrogen-bond acceptors (Lipinski definition) is 5. The molecule has 1 aromatic carbocycles. The van der Waals surface area contributed by atoms with Crippen LogP contribution < -0.4 is 15.0 Å². The van der Waals surface area contributed by atoms with Crippen LogP contribution in [0.25, 0.3) is 0 Å². The van der Waals surface area contributed by atoms with Crippen molar-refractivity contribution in [3.05, 3.63) is 53.7 Å². The van der Waals surface area contributed by atoms with E-state index in [2.05, 4.69) is 27.0 Å². The summed E-state index contributed by atoms with van der Waals surface area (Å²) in [6, 6.07) is 11.6. The summed E-state index contributed by atoms with van der Waals surface area (Å²) in [5.41, 5.74) is 1.79. The van der Waals surface area contributed by atoms with E-state index in [9.17, 15) is 4.79 Å². The zero-order valence-electron chi connectivity index (χ0n) is 16.1. The van der Waals surface area contributed by atoms with Crippen molar-refractivity contribution in [3.63, 3.8) is 0 Å². The first-order valence-corrected chi connectivity index (χ1v) is 9.54. The number of likely N-dealkylation sites (N-methyl/N-ethyl adjacent to an activating group) is 1. The minimum atomic E-state index is -0.0614. The molecule has 1 saturated heterocycles. The normalized spacial score (nSPS) is 14.8. The fourth-order valence-electron chi connectivity index (χ4n) is 3.28. The summed E-state index contributed by atoms with van der Waals surface area (Å²) in [6.45, 7) is 7.81. The molecular weight excluding hydrogens is 340 g/mol. The summed E-state index contributed by atoms with van der Waals surface area (Å²) in [7, 11) is 1.66. The van der Waals surface area contributed by atoms with E-state index in [0.29, 0.717) is 12.1 Å². The molecule has 0 spiro atoms. The second-order valence-electron chi connectivity index (χ2n) is 6.68. The van der Waals surface area contributed by atoms with Crippen LogP contribution in [0.3, 0.4) is 0 Å². The van der Waals surface area contributed by atoms with Crippen LogP contribution in [0.2, 0.25) is 0 Å². The lowest BCUT2D eigenvalue weighted by Gasteiger charge is -2.34. The molecule has 1 fully saturated rings. The van der Waals surface area contributed by atoms with E-state index in [-0.39, 0.29) is 5.91 Å². The molecule has 1 N–H and O–H groups in total. The topological polar surface area (TPSA) is 57.7 Å². The van der Waals surface area contributed by atoms with Crippen molar-refractivity contribution in [1.82, 2.24) is 15.2 Å². The Balaban J connectivity index is 1.54. The molecule has 0 aliphatic carbocycles. The number of nitrogens with zero attached hydrogens (tertiary/aromatic N) is 3. The van der Waals surface area contributed by atoms with Crippen LogP contribution in [0.15, 0.2) is 42.6 Å². The predicted molar refractivity (Wildman–Crippen MR) is 108 cm³/mol. The first-order valence-electron chi connectivity index (χ1n) is 9.54. The number of nitrogens with one attached hydrogen (secondary N) is 1. The fourth-order valence-corrected chi connectivity index (χ4v) is 3.28. The molecule has 144 valence electrons. The Bertz CT molecular complexity index is 757. The summed E-state index contributed by atoms with van der Waals surface area (Å²) >= 11 is 0. The largest absolute Gasteiger partial charge is 0.497 e. The highest BCUT2D eigenvalue weighted by molar-refractivity contribution is 5.94. The Labute approximate surface area is 161 Å². The molecular formula is C21H28N4O2. The number of rotatable bonds is 7. The second-order valence-corrected chi connectivity index (χ2v) is 6.68. The molecule has 0 unspecified atom stereocenters. The predicted octanol–water partition coefficient (Wildman–Crippen LogP) is 2.20. The lowest BCUT2D eigenvalue weighted by atomic mass is 10.1. The van der Waals surface area contributed by atoms with Crippen molar-refractivity contribution in [2.45, 2.75) is 13.3 Å². The highest BCUT2D eigenvalue weighted by Crippen LogP contribution is 2.16. The van der Waals surface area contributed by atoms with Gasteiger partial charge in [-0.05, 0) is 42.8 Å². The van der Waals surface area contributed by atoms with E-state index in [4.69, 9.17) is 4.74 Å². The molecule has 0 atom stereocenters. The third-order valence-electron chi connectivity index (χ3n) is 4.98. The van der Waals surface area contributed by atoms with Gasteiger partial charge in [-0.15, -0.1) is 0 Å². The number of carbonyl (C=O) groups is 1. The zero-order valence-corrected chi connectivity index (χ0v) is 16.1. The van der Waals surface area contributed by atoms with Crippen LogP contribution in [0, 0.1) is 0 Å². The van der Waals surface area contributed by atoms with Gasteiger partial charge in [0.15, 0.2) is 0 Å². The van der Waals surface area contributed by atoms with Gasteiger partial charge in [0.05, 0.1) is 7.11 Å². The van der Waals surface area contributed by atoms with E-state index >= 15 is 0 Å². The van der Waals surface area contributed by atoms with Crippen molar-refractivity contribution in [3.8, 4) is 5.75 Å². The number of hydrogen-bond donors (Lipinski definition) is 1. The standard InChI is InChI=1S/C21H28N4O2/c1-3-24-11-13-25(14-12-24)20-16-18(8-10-22-20)21(26)23-9-7-17-5-4-6-19(15-17)27-2/h4-6,8,10,15-16H,3,7,9,11-14H2,1-2H3,(H,23,26). The maximum Gasteiger partial charge on any atom is 0.251 e.